The van der Waals surface area contributed by atoms with Gasteiger partial charge in [-0.15, -0.1) is 0 Å². The van der Waals surface area contributed by atoms with Gasteiger partial charge < -0.3 is 14.6 Å². The molecule has 0 aliphatic carbocycles. The molecule has 1 atom stereocenters. The zero-order valence-electron chi connectivity index (χ0n) is 14.1. The van der Waals surface area contributed by atoms with Gasteiger partial charge in [0.05, 0.1) is 6.61 Å². The molecule has 0 N–H and O–H groups in total. The number of carbonyl (C=O) groups is 1. The highest BCUT2D eigenvalue weighted by atomic mass is 79.9. The fraction of sp³-hybridized carbons (Fsp3) is 0.632. The van der Waals surface area contributed by atoms with E-state index in [0.717, 1.165) is 12.2 Å². The summed E-state index contributed by atoms with van der Waals surface area (Å²) in [5.74, 6) is -0.309. The van der Waals surface area contributed by atoms with Crippen LogP contribution in [0.25, 0.3) is 0 Å². The molecule has 0 radical (unpaired) electrons. The van der Waals surface area contributed by atoms with Crippen LogP contribution in [0.5, 0.6) is 5.75 Å². The molecule has 1 rings (SSSR count). The number of rotatable bonds is 13. The van der Waals surface area contributed by atoms with Crippen LogP contribution in [0.4, 0.5) is 0 Å². The standard InChI is InChI=1S/C19H29BrO3/c1-2-3-4-5-6-7-8-16-9-11-18(12-10-16)23-15-17(14-20)13-19(21)22/h9-12,17H,2-8,13-15H2,1H3,(H,21,22)/p-1. The van der Waals surface area contributed by atoms with Gasteiger partial charge in [-0.3, -0.25) is 0 Å². The molecule has 0 saturated carbocycles. The number of aryl methyl sites for hydroxylation is 1. The molecule has 0 aliphatic heterocycles. The second-order valence-electron chi connectivity index (χ2n) is 6.07. The number of benzene rings is 1. The molecule has 0 amide bonds. The van der Waals surface area contributed by atoms with Gasteiger partial charge in [0.25, 0.3) is 0 Å². The molecule has 0 heterocycles. The van der Waals surface area contributed by atoms with Gasteiger partial charge in [0.1, 0.15) is 5.75 Å². The quantitative estimate of drug-likeness (QED) is 0.380. The van der Waals surface area contributed by atoms with Crippen molar-refractivity contribution in [3.63, 3.8) is 0 Å². The summed E-state index contributed by atoms with van der Waals surface area (Å²) in [7, 11) is 0. The first-order chi connectivity index (χ1) is 11.2. The van der Waals surface area contributed by atoms with Crippen LogP contribution in [0.1, 0.15) is 57.4 Å². The molecule has 4 heteroatoms. The number of hydrogen-bond donors (Lipinski definition) is 0. The van der Waals surface area contributed by atoms with E-state index in [-0.39, 0.29) is 12.3 Å². The van der Waals surface area contributed by atoms with Gasteiger partial charge in [-0.1, -0.05) is 67.1 Å². The summed E-state index contributed by atoms with van der Waals surface area (Å²) in [6.45, 7) is 2.62. The molecule has 0 aromatic heterocycles. The first-order valence-electron chi connectivity index (χ1n) is 8.63. The lowest BCUT2D eigenvalue weighted by Gasteiger charge is -2.15. The Morgan fingerprint density at radius 1 is 1.13 bits per heavy atom. The van der Waals surface area contributed by atoms with Crippen molar-refractivity contribution in [3.05, 3.63) is 29.8 Å². The van der Waals surface area contributed by atoms with Crippen molar-refractivity contribution < 1.29 is 14.6 Å². The molecule has 1 aromatic rings. The Balaban J connectivity index is 2.26. The predicted octanol–water partition coefficient (Wildman–Crippen LogP) is 4.12. The highest BCUT2D eigenvalue weighted by molar-refractivity contribution is 9.09. The first kappa shape index (κ1) is 20.0. The Morgan fingerprint density at radius 3 is 2.39 bits per heavy atom. The summed E-state index contributed by atoms with van der Waals surface area (Å²) < 4.78 is 5.66. The van der Waals surface area contributed by atoms with Crippen molar-refractivity contribution in [1.29, 1.82) is 0 Å². The summed E-state index contributed by atoms with van der Waals surface area (Å²) in [6.07, 6.45) is 8.99. The maximum absolute atomic E-state index is 10.6. The molecule has 0 bridgehead atoms. The van der Waals surface area contributed by atoms with Gasteiger partial charge in [-0.05, 0) is 37.0 Å². The van der Waals surface area contributed by atoms with Crippen LogP contribution in [-0.4, -0.2) is 17.9 Å². The monoisotopic (exact) mass is 383 g/mol. The van der Waals surface area contributed by atoms with Crippen molar-refractivity contribution in [2.24, 2.45) is 5.92 Å². The average molecular weight is 384 g/mol. The largest absolute Gasteiger partial charge is 0.550 e. The van der Waals surface area contributed by atoms with E-state index in [2.05, 4.69) is 35.0 Å². The van der Waals surface area contributed by atoms with Crippen LogP contribution in [0.2, 0.25) is 0 Å². The zero-order chi connectivity index (χ0) is 16.9. The SMILES string of the molecule is CCCCCCCCc1ccc(OCC(CBr)CC(=O)[O-])cc1. The second kappa shape index (κ2) is 12.4. The van der Waals surface area contributed by atoms with Gasteiger partial charge in [-0.2, -0.15) is 0 Å². The summed E-state index contributed by atoms with van der Waals surface area (Å²) in [4.78, 5) is 10.6. The van der Waals surface area contributed by atoms with Gasteiger partial charge in [0, 0.05) is 17.2 Å². The lowest BCUT2D eigenvalue weighted by Crippen LogP contribution is -2.28. The van der Waals surface area contributed by atoms with Crippen molar-refractivity contribution in [2.75, 3.05) is 11.9 Å². The van der Waals surface area contributed by atoms with E-state index in [4.69, 9.17) is 4.74 Å². The normalized spacial score (nSPS) is 12.1. The first-order valence-corrected chi connectivity index (χ1v) is 9.75. The van der Waals surface area contributed by atoms with E-state index in [0.29, 0.717) is 11.9 Å². The molecule has 0 fully saturated rings. The van der Waals surface area contributed by atoms with E-state index in [1.54, 1.807) is 0 Å². The lowest BCUT2D eigenvalue weighted by atomic mass is 10.0. The summed E-state index contributed by atoms with van der Waals surface area (Å²) >= 11 is 3.31. The molecule has 1 unspecified atom stereocenters. The van der Waals surface area contributed by atoms with Crippen molar-refractivity contribution in [2.45, 2.75) is 58.3 Å². The number of unbranched alkanes of at least 4 members (excludes halogenated alkanes) is 5. The van der Waals surface area contributed by atoms with Crippen LogP contribution >= 0.6 is 15.9 Å². The van der Waals surface area contributed by atoms with Gasteiger partial charge in [0.2, 0.25) is 0 Å². The number of alkyl halides is 1. The summed E-state index contributed by atoms with van der Waals surface area (Å²) in [5.41, 5.74) is 1.33. The molecule has 130 valence electrons. The number of aliphatic carboxylic acids is 1. The lowest BCUT2D eigenvalue weighted by molar-refractivity contribution is -0.306. The summed E-state index contributed by atoms with van der Waals surface area (Å²) in [6, 6.07) is 8.14. The van der Waals surface area contributed by atoms with Gasteiger partial charge >= 0.3 is 0 Å². The number of carboxylic acids is 1. The fourth-order valence-corrected chi connectivity index (χ4v) is 2.89. The van der Waals surface area contributed by atoms with Gasteiger partial charge in [0.15, 0.2) is 0 Å². The van der Waals surface area contributed by atoms with E-state index in [1.807, 2.05) is 12.1 Å². The minimum atomic E-state index is -1.03. The number of carboxylic acid groups (broad SMARTS) is 1. The van der Waals surface area contributed by atoms with Gasteiger partial charge in [-0.25, -0.2) is 0 Å². The minimum absolute atomic E-state index is 0.0152. The third-order valence-electron chi connectivity index (χ3n) is 3.90. The Hall–Kier alpha value is -1.03. The molecule has 3 nitrogen and oxygen atoms in total. The average Bonchev–Trinajstić information content (AvgIpc) is 2.55. The molecular formula is C19H28BrO3-. The molecule has 1 aromatic carbocycles. The van der Waals surface area contributed by atoms with Crippen molar-refractivity contribution in [1.82, 2.24) is 0 Å². The Bertz CT molecular complexity index is 431. The smallest absolute Gasteiger partial charge is 0.119 e. The maximum atomic E-state index is 10.6. The predicted molar refractivity (Wildman–Crippen MR) is 95.9 cm³/mol. The molecule has 23 heavy (non-hydrogen) atoms. The number of hydrogen-bond acceptors (Lipinski definition) is 3. The van der Waals surface area contributed by atoms with E-state index >= 15 is 0 Å². The Labute approximate surface area is 148 Å². The Kier molecular flexibility index (Phi) is 10.8. The molecule has 0 aliphatic rings. The highest BCUT2D eigenvalue weighted by Crippen LogP contribution is 2.17. The van der Waals surface area contributed by atoms with Crippen LogP contribution in [0.3, 0.4) is 0 Å². The summed E-state index contributed by atoms with van der Waals surface area (Å²) in [5, 5.41) is 11.2. The van der Waals surface area contributed by atoms with E-state index in [1.165, 1.54) is 44.1 Å². The van der Waals surface area contributed by atoms with Crippen LogP contribution in [0.15, 0.2) is 24.3 Å². The van der Waals surface area contributed by atoms with E-state index in [9.17, 15) is 9.90 Å². The number of ether oxygens (including phenoxy) is 1. The zero-order valence-corrected chi connectivity index (χ0v) is 15.6. The molecule has 0 spiro atoms. The molecule has 0 saturated heterocycles. The number of halogens is 1. The fourth-order valence-electron chi connectivity index (χ4n) is 2.47. The minimum Gasteiger partial charge on any atom is -0.550 e. The number of carbonyl (C=O) groups excluding carboxylic acids is 1. The van der Waals surface area contributed by atoms with Crippen LogP contribution < -0.4 is 9.84 Å². The second-order valence-corrected chi connectivity index (χ2v) is 6.72. The van der Waals surface area contributed by atoms with E-state index < -0.39 is 5.97 Å². The van der Waals surface area contributed by atoms with Crippen molar-refractivity contribution in [3.8, 4) is 5.75 Å². The topological polar surface area (TPSA) is 49.4 Å². The third kappa shape index (κ3) is 9.65. The van der Waals surface area contributed by atoms with Crippen LogP contribution in [0, 0.1) is 5.92 Å². The molecular weight excluding hydrogens is 356 g/mol. The Morgan fingerprint density at radius 2 is 1.78 bits per heavy atom. The maximum Gasteiger partial charge on any atom is 0.119 e. The highest BCUT2D eigenvalue weighted by Gasteiger charge is 2.08. The van der Waals surface area contributed by atoms with Crippen molar-refractivity contribution >= 4 is 21.9 Å². The third-order valence-corrected chi connectivity index (χ3v) is 4.82. The van der Waals surface area contributed by atoms with Crippen LogP contribution in [-0.2, 0) is 11.2 Å².